The predicted molar refractivity (Wildman–Crippen MR) is 132 cm³/mol. The summed E-state index contributed by atoms with van der Waals surface area (Å²) in [7, 11) is 1.64. The van der Waals surface area contributed by atoms with Crippen LogP contribution in [0.5, 0.6) is 5.75 Å². The van der Waals surface area contributed by atoms with Crippen LogP contribution in [0, 0.1) is 0 Å². The number of benzene rings is 2. The van der Waals surface area contributed by atoms with Gasteiger partial charge in [0.05, 0.1) is 12.6 Å². The number of aromatic nitrogens is 2. The van der Waals surface area contributed by atoms with Crippen LogP contribution in [0.1, 0.15) is 16.1 Å². The zero-order valence-electron chi connectivity index (χ0n) is 19.1. The van der Waals surface area contributed by atoms with Gasteiger partial charge < -0.3 is 4.74 Å². The smallest absolute Gasteiger partial charge is 0.284 e. The summed E-state index contributed by atoms with van der Waals surface area (Å²) in [5.74, 6) is 0.588. The summed E-state index contributed by atoms with van der Waals surface area (Å²) in [6.45, 7) is 4.26. The van der Waals surface area contributed by atoms with Crippen molar-refractivity contribution >= 4 is 16.8 Å². The Labute approximate surface area is 199 Å². The van der Waals surface area contributed by atoms with E-state index in [-0.39, 0.29) is 5.91 Å². The highest BCUT2D eigenvalue weighted by molar-refractivity contribution is 5.98. The Balaban J connectivity index is 1.27. The molecule has 3 heterocycles. The summed E-state index contributed by atoms with van der Waals surface area (Å²) in [6, 6.07) is 21.9. The van der Waals surface area contributed by atoms with E-state index in [4.69, 9.17) is 9.72 Å². The van der Waals surface area contributed by atoms with Crippen molar-refractivity contribution in [2.75, 3.05) is 33.3 Å². The maximum absolute atomic E-state index is 13.0. The molecule has 2 aromatic carbocycles. The maximum atomic E-state index is 13.0. The van der Waals surface area contributed by atoms with E-state index in [1.807, 2.05) is 41.4 Å². The molecule has 0 unspecified atom stereocenters. The van der Waals surface area contributed by atoms with E-state index in [9.17, 15) is 4.79 Å². The lowest BCUT2D eigenvalue weighted by molar-refractivity contribution is 0.0600. The third kappa shape index (κ3) is 4.90. The first kappa shape index (κ1) is 22.0. The molecule has 7 heteroatoms. The first-order chi connectivity index (χ1) is 16.7. The SMILES string of the molecule is COc1ccc(-c2cncc3ccc(C(=O)NN4CCN(Cc5ccccc5)CC4)nc23)cc1. The molecule has 1 aliphatic rings. The monoisotopic (exact) mass is 453 g/mol. The Morgan fingerprint density at radius 3 is 2.44 bits per heavy atom. The predicted octanol–water partition coefficient (Wildman–Crippen LogP) is 3.77. The molecule has 2 aromatic heterocycles. The van der Waals surface area contributed by atoms with Crippen molar-refractivity contribution in [3.8, 4) is 16.9 Å². The summed E-state index contributed by atoms with van der Waals surface area (Å²) >= 11 is 0. The minimum absolute atomic E-state index is 0.198. The molecular weight excluding hydrogens is 426 g/mol. The average molecular weight is 454 g/mol. The molecule has 0 radical (unpaired) electrons. The summed E-state index contributed by atoms with van der Waals surface area (Å²) in [5, 5.41) is 2.87. The highest BCUT2D eigenvalue weighted by atomic mass is 16.5. The number of hydrogen-bond donors (Lipinski definition) is 1. The molecule has 5 rings (SSSR count). The van der Waals surface area contributed by atoms with Crippen molar-refractivity contribution < 1.29 is 9.53 Å². The fourth-order valence-corrected chi connectivity index (χ4v) is 4.21. The van der Waals surface area contributed by atoms with Crippen LogP contribution < -0.4 is 10.2 Å². The molecule has 1 fully saturated rings. The van der Waals surface area contributed by atoms with Crippen molar-refractivity contribution in [3.05, 3.63) is 90.4 Å². The molecule has 1 amide bonds. The normalized spacial score (nSPS) is 14.7. The van der Waals surface area contributed by atoms with Crippen molar-refractivity contribution in [2.24, 2.45) is 0 Å². The molecule has 7 nitrogen and oxygen atoms in total. The molecule has 0 bridgehead atoms. The van der Waals surface area contributed by atoms with Crippen LogP contribution in [0.25, 0.3) is 22.0 Å². The second-order valence-corrected chi connectivity index (χ2v) is 8.37. The lowest BCUT2D eigenvalue weighted by atomic mass is 10.0. The highest BCUT2D eigenvalue weighted by Gasteiger charge is 2.20. The van der Waals surface area contributed by atoms with Crippen LogP contribution in [0.15, 0.2) is 79.1 Å². The second-order valence-electron chi connectivity index (χ2n) is 8.37. The maximum Gasteiger partial charge on any atom is 0.284 e. The Morgan fingerprint density at radius 1 is 0.941 bits per heavy atom. The van der Waals surface area contributed by atoms with Gasteiger partial charge in [0.1, 0.15) is 11.4 Å². The first-order valence-corrected chi connectivity index (χ1v) is 11.4. The van der Waals surface area contributed by atoms with Crippen molar-refractivity contribution in [1.82, 2.24) is 25.3 Å². The second kappa shape index (κ2) is 9.99. The van der Waals surface area contributed by atoms with Gasteiger partial charge in [0.25, 0.3) is 5.91 Å². The van der Waals surface area contributed by atoms with Crippen LogP contribution >= 0.6 is 0 Å². The van der Waals surface area contributed by atoms with Gasteiger partial charge in [-0.15, -0.1) is 0 Å². The topological polar surface area (TPSA) is 70.6 Å². The lowest BCUT2D eigenvalue weighted by Crippen LogP contribution is -2.53. The number of methoxy groups -OCH3 is 1. The van der Waals surface area contributed by atoms with Gasteiger partial charge in [0, 0.05) is 56.1 Å². The van der Waals surface area contributed by atoms with E-state index in [0.29, 0.717) is 5.69 Å². The fraction of sp³-hybridized carbons (Fsp3) is 0.222. The van der Waals surface area contributed by atoms with Crippen LogP contribution in [-0.2, 0) is 6.54 Å². The van der Waals surface area contributed by atoms with Gasteiger partial charge in [0.2, 0.25) is 0 Å². The van der Waals surface area contributed by atoms with E-state index in [1.165, 1.54) is 5.56 Å². The molecular formula is C27H27N5O2. The summed E-state index contributed by atoms with van der Waals surface area (Å²) in [4.78, 5) is 24.5. The number of hydrazine groups is 1. The number of fused-ring (bicyclic) bond motifs is 1. The lowest BCUT2D eigenvalue weighted by Gasteiger charge is -2.34. The number of ether oxygens (including phenoxy) is 1. The highest BCUT2D eigenvalue weighted by Crippen LogP contribution is 2.28. The zero-order chi connectivity index (χ0) is 23.3. The van der Waals surface area contributed by atoms with Gasteiger partial charge in [0.15, 0.2) is 0 Å². The minimum atomic E-state index is -0.198. The van der Waals surface area contributed by atoms with Crippen LogP contribution in [-0.4, -0.2) is 59.1 Å². The number of rotatable bonds is 6. The summed E-state index contributed by atoms with van der Waals surface area (Å²) < 4.78 is 5.26. The third-order valence-corrected chi connectivity index (χ3v) is 6.11. The minimum Gasteiger partial charge on any atom is -0.497 e. The molecule has 0 saturated carbocycles. The zero-order valence-corrected chi connectivity index (χ0v) is 19.1. The molecule has 0 aliphatic carbocycles. The van der Waals surface area contributed by atoms with Gasteiger partial charge in [-0.25, -0.2) is 9.99 Å². The van der Waals surface area contributed by atoms with Crippen molar-refractivity contribution in [2.45, 2.75) is 6.54 Å². The average Bonchev–Trinajstić information content (AvgIpc) is 2.90. The standard InChI is InChI=1S/C27H27N5O2/c1-34-23-10-7-21(8-11-23)24-18-28-17-22-9-12-25(29-26(22)24)27(33)30-32-15-13-31(14-16-32)19-20-5-3-2-4-6-20/h2-12,17-18H,13-16,19H2,1H3,(H,30,33). The first-order valence-electron chi connectivity index (χ1n) is 11.4. The molecule has 4 aromatic rings. The van der Waals surface area contributed by atoms with Gasteiger partial charge >= 0.3 is 0 Å². The van der Waals surface area contributed by atoms with Crippen LogP contribution in [0.3, 0.4) is 0 Å². The third-order valence-electron chi connectivity index (χ3n) is 6.11. The van der Waals surface area contributed by atoms with E-state index >= 15 is 0 Å². The van der Waals surface area contributed by atoms with Gasteiger partial charge in [-0.1, -0.05) is 42.5 Å². The Hall–Kier alpha value is -3.81. The number of carbonyl (C=O) groups excluding carboxylic acids is 1. The van der Waals surface area contributed by atoms with E-state index in [2.05, 4.69) is 39.6 Å². The quantitative estimate of drug-likeness (QED) is 0.479. The largest absolute Gasteiger partial charge is 0.497 e. The number of nitrogens with one attached hydrogen (secondary N) is 1. The van der Waals surface area contributed by atoms with Gasteiger partial charge in [-0.2, -0.15) is 0 Å². The number of hydrogen-bond acceptors (Lipinski definition) is 6. The molecule has 1 aliphatic heterocycles. The molecule has 0 atom stereocenters. The molecule has 1 N–H and O–H groups in total. The van der Waals surface area contributed by atoms with E-state index in [1.54, 1.807) is 25.6 Å². The number of amides is 1. The van der Waals surface area contributed by atoms with Crippen molar-refractivity contribution in [1.29, 1.82) is 0 Å². The number of carbonyl (C=O) groups is 1. The molecule has 34 heavy (non-hydrogen) atoms. The van der Waals surface area contributed by atoms with Gasteiger partial charge in [-0.3, -0.25) is 20.1 Å². The molecule has 0 spiro atoms. The van der Waals surface area contributed by atoms with E-state index in [0.717, 1.165) is 60.5 Å². The number of nitrogens with zero attached hydrogens (tertiary/aromatic N) is 4. The Bertz CT molecular complexity index is 1270. The van der Waals surface area contributed by atoms with E-state index < -0.39 is 0 Å². The van der Waals surface area contributed by atoms with Gasteiger partial charge in [-0.05, 0) is 35.4 Å². The Morgan fingerprint density at radius 2 is 1.71 bits per heavy atom. The fourth-order valence-electron chi connectivity index (χ4n) is 4.21. The number of pyridine rings is 2. The number of piperazine rings is 1. The molecule has 1 saturated heterocycles. The summed E-state index contributed by atoms with van der Waals surface area (Å²) in [5.41, 5.74) is 7.33. The van der Waals surface area contributed by atoms with Crippen LogP contribution in [0.4, 0.5) is 0 Å². The van der Waals surface area contributed by atoms with Crippen LogP contribution in [0.2, 0.25) is 0 Å². The Kier molecular flexibility index (Phi) is 6.46. The molecule has 172 valence electrons. The van der Waals surface area contributed by atoms with Crippen molar-refractivity contribution in [3.63, 3.8) is 0 Å². The summed E-state index contributed by atoms with van der Waals surface area (Å²) in [6.07, 6.45) is 3.55.